The molecule has 3 nitrogen and oxygen atoms in total. The van der Waals surface area contributed by atoms with Crippen LogP contribution in [0, 0.1) is 11.8 Å². The molecule has 0 aromatic carbocycles. The molecule has 0 radical (unpaired) electrons. The van der Waals surface area contributed by atoms with Crippen LogP contribution in [0.25, 0.3) is 0 Å². The van der Waals surface area contributed by atoms with Gasteiger partial charge in [-0.15, -0.1) is 0 Å². The van der Waals surface area contributed by atoms with Crippen LogP contribution in [-0.2, 0) is 4.79 Å². The van der Waals surface area contributed by atoms with Crippen LogP contribution < -0.4 is 5.73 Å². The molecule has 1 aliphatic rings. The van der Waals surface area contributed by atoms with Gasteiger partial charge in [0.25, 0.3) is 0 Å². The van der Waals surface area contributed by atoms with Crippen molar-refractivity contribution in [1.29, 1.82) is 0 Å². The van der Waals surface area contributed by atoms with Crippen LogP contribution in [0.15, 0.2) is 0 Å². The van der Waals surface area contributed by atoms with Gasteiger partial charge in [0, 0.05) is 0 Å². The van der Waals surface area contributed by atoms with Gasteiger partial charge in [-0.05, 0) is 24.7 Å². The third-order valence-electron chi connectivity index (χ3n) is 2.77. The minimum absolute atomic E-state index is 0.200. The lowest BCUT2D eigenvalue weighted by Crippen LogP contribution is -2.40. The molecule has 0 aliphatic heterocycles. The summed E-state index contributed by atoms with van der Waals surface area (Å²) in [5.74, 6) is -0.00509. The second kappa shape index (κ2) is 3.90. The first-order valence-electron chi connectivity index (χ1n) is 4.59. The molecule has 1 fully saturated rings. The van der Waals surface area contributed by atoms with Crippen LogP contribution in [0.2, 0.25) is 0 Å². The lowest BCUT2D eigenvalue weighted by atomic mass is 9.79. The summed E-state index contributed by atoms with van der Waals surface area (Å²) in [5.41, 5.74) is 5.55. The van der Waals surface area contributed by atoms with Gasteiger partial charge in [-0.2, -0.15) is 0 Å². The minimum Gasteiger partial charge on any atom is -0.480 e. The molecule has 70 valence electrons. The van der Waals surface area contributed by atoms with Crippen LogP contribution in [-0.4, -0.2) is 17.1 Å². The third-order valence-corrected chi connectivity index (χ3v) is 2.77. The second-order valence-corrected chi connectivity index (χ2v) is 3.90. The summed E-state index contributed by atoms with van der Waals surface area (Å²) in [6, 6.07) is -0.646. The van der Waals surface area contributed by atoms with E-state index in [-0.39, 0.29) is 5.92 Å². The van der Waals surface area contributed by atoms with Gasteiger partial charge >= 0.3 is 5.97 Å². The maximum absolute atomic E-state index is 10.6. The van der Waals surface area contributed by atoms with Gasteiger partial charge in [-0.1, -0.05) is 19.8 Å². The maximum atomic E-state index is 10.6. The summed E-state index contributed by atoms with van der Waals surface area (Å²) in [6.07, 6.45) is 4.32. The zero-order valence-electron chi connectivity index (χ0n) is 7.49. The number of hydrogen-bond donors (Lipinski definition) is 2. The molecule has 0 saturated heterocycles. The minimum atomic E-state index is -0.853. The van der Waals surface area contributed by atoms with Gasteiger partial charge in [0.15, 0.2) is 0 Å². The van der Waals surface area contributed by atoms with E-state index in [0.717, 1.165) is 19.3 Å². The normalized spacial score (nSPS) is 32.8. The highest BCUT2D eigenvalue weighted by Crippen LogP contribution is 2.30. The van der Waals surface area contributed by atoms with E-state index in [1.807, 2.05) is 0 Å². The predicted octanol–water partition coefficient (Wildman–Crippen LogP) is 1.22. The highest BCUT2D eigenvalue weighted by molar-refractivity contribution is 5.73. The van der Waals surface area contributed by atoms with E-state index >= 15 is 0 Å². The molecule has 1 aliphatic carbocycles. The van der Waals surface area contributed by atoms with Crippen molar-refractivity contribution in [3.8, 4) is 0 Å². The summed E-state index contributed by atoms with van der Waals surface area (Å²) in [7, 11) is 0. The quantitative estimate of drug-likeness (QED) is 0.656. The van der Waals surface area contributed by atoms with Gasteiger partial charge in [-0.25, -0.2) is 0 Å². The van der Waals surface area contributed by atoms with Crippen LogP contribution in [0.3, 0.4) is 0 Å². The largest absolute Gasteiger partial charge is 0.480 e. The number of nitrogens with two attached hydrogens (primary N) is 1. The maximum Gasteiger partial charge on any atom is 0.320 e. The number of rotatable bonds is 2. The molecular formula is C9H17NO2. The Labute approximate surface area is 72.9 Å². The monoisotopic (exact) mass is 171 g/mol. The van der Waals surface area contributed by atoms with Crippen LogP contribution in [0.5, 0.6) is 0 Å². The Bertz CT molecular complexity index is 170. The van der Waals surface area contributed by atoms with Crippen molar-refractivity contribution in [1.82, 2.24) is 0 Å². The number of carbonyl (C=O) groups is 1. The Kier molecular flexibility index (Phi) is 3.09. The van der Waals surface area contributed by atoms with E-state index < -0.39 is 12.0 Å². The van der Waals surface area contributed by atoms with Crippen LogP contribution in [0.4, 0.5) is 0 Å². The Balaban J connectivity index is 2.45. The number of aliphatic carboxylic acids is 1. The number of hydrogen-bond acceptors (Lipinski definition) is 2. The molecule has 1 saturated carbocycles. The van der Waals surface area contributed by atoms with Crippen molar-refractivity contribution in [3.05, 3.63) is 0 Å². The fraction of sp³-hybridized carbons (Fsp3) is 0.889. The van der Waals surface area contributed by atoms with Gasteiger partial charge < -0.3 is 10.8 Å². The van der Waals surface area contributed by atoms with Crippen molar-refractivity contribution in [2.45, 2.75) is 38.6 Å². The molecule has 0 bridgehead atoms. The van der Waals surface area contributed by atoms with Crippen molar-refractivity contribution >= 4 is 5.97 Å². The Hall–Kier alpha value is -0.570. The number of carboxylic acid groups (broad SMARTS) is 1. The summed E-state index contributed by atoms with van der Waals surface area (Å²) >= 11 is 0. The molecule has 0 spiro atoms. The van der Waals surface area contributed by atoms with E-state index in [4.69, 9.17) is 10.8 Å². The molecule has 12 heavy (non-hydrogen) atoms. The Morgan fingerprint density at radius 2 is 2.25 bits per heavy atom. The molecule has 1 rings (SSSR count). The van der Waals surface area contributed by atoms with E-state index in [9.17, 15) is 4.79 Å². The van der Waals surface area contributed by atoms with E-state index in [2.05, 4.69) is 6.92 Å². The zero-order chi connectivity index (χ0) is 9.14. The standard InChI is InChI=1S/C9H17NO2/c1-6-3-2-4-7(5-6)8(10)9(11)12/h6-8H,2-5,10H2,1H3,(H,11,12)/t6-,7+,8+/m1/s1. The Morgan fingerprint density at radius 1 is 1.58 bits per heavy atom. The molecule has 3 heteroatoms. The lowest BCUT2D eigenvalue weighted by Gasteiger charge is -2.28. The molecule has 0 aromatic rings. The first-order chi connectivity index (χ1) is 5.61. The van der Waals surface area contributed by atoms with E-state index in [0.29, 0.717) is 5.92 Å². The summed E-state index contributed by atoms with van der Waals surface area (Å²) in [4.78, 5) is 10.6. The second-order valence-electron chi connectivity index (χ2n) is 3.90. The zero-order valence-corrected chi connectivity index (χ0v) is 7.49. The molecular weight excluding hydrogens is 154 g/mol. The average Bonchev–Trinajstić information content (AvgIpc) is 2.03. The van der Waals surface area contributed by atoms with Crippen molar-refractivity contribution < 1.29 is 9.90 Å². The van der Waals surface area contributed by atoms with Crippen LogP contribution in [0.1, 0.15) is 32.6 Å². The average molecular weight is 171 g/mol. The van der Waals surface area contributed by atoms with Crippen molar-refractivity contribution in [3.63, 3.8) is 0 Å². The topological polar surface area (TPSA) is 63.3 Å². The van der Waals surface area contributed by atoms with Crippen LogP contribution >= 0.6 is 0 Å². The summed E-state index contributed by atoms with van der Waals surface area (Å²) in [6.45, 7) is 2.17. The third kappa shape index (κ3) is 2.21. The van der Waals surface area contributed by atoms with Crippen molar-refractivity contribution in [2.75, 3.05) is 0 Å². The molecule has 0 amide bonds. The van der Waals surface area contributed by atoms with Gasteiger partial charge in [0.1, 0.15) is 6.04 Å². The first-order valence-corrected chi connectivity index (χ1v) is 4.59. The molecule has 3 N–H and O–H groups in total. The Morgan fingerprint density at radius 3 is 2.75 bits per heavy atom. The first kappa shape index (κ1) is 9.52. The summed E-state index contributed by atoms with van der Waals surface area (Å²) < 4.78 is 0. The predicted molar refractivity (Wildman–Crippen MR) is 46.7 cm³/mol. The highest BCUT2D eigenvalue weighted by Gasteiger charge is 2.28. The molecule has 0 unspecified atom stereocenters. The smallest absolute Gasteiger partial charge is 0.320 e. The molecule has 0 heterocycles. The fourth-order valence-corrected chi connectivity index (χ4v) is 2.01. The summed E-state index contributed by atoms with van der Waals surface area (Å²) in [5, 5.41) is 8.70. The highest BCUT2D eigenvalue weighted by atomic mass is 16.4. The SMILES string of the molecule is C[C@@H]1CCC[C@H]([C@H](N)C(=O)O)C1. The van der Waals surface area contributed by atoms with Gasteiger partial charge in [-0.3, -0.25) is 4.79 Å². The molecule has 0 aromatic heterocycles. The van der Waals surface area contributed by atoms with E-state index in [1.54, 1.807) is 0 Å². The molecule has 3 atom stereocenters. The lowest BCUT2D eigenvalue weighted by molar-refractivity contribution is -0.140. The van der Waals surface area contributed by atoms with E-state index in [1.165, 1.54) is 6.42 Å². The van der Waals surface area contributed by atoms with Crippen molar-refractivity contribution in [2.24, 2.45) is 17.6 Å². The van der Waals surface area contributed by atoms with Gasteiger partial charge in [0.2, 0.25) is 0 Å². The van der Waals surface area contributed by atoms with Gasteiger partial charge in [0.05, 0.1) is 0 Å². The fourth-order valence-electron chi connectivity index (χ4n) is 2.01. The number of carboxylic acids is 1.